The maximum absolute atomic E-state index is 13.2. The van der Waals surface area contributed by atoms with Crippen LogP contribution in [-0.4, -0.2) is 14.8 Å². The van der Waals surface area contributed by atoms with Gasteiger partial charge >= 0.3 is 0 Å². The van der Waals surface area contributed by atoms with Crippen LogP contribution in [0.4, 0.5) is 4.39 Å². The molecule has 0 N–H and O–H groups in total. The predicted molar refractivity (Wildman–Crippen MR) is 79.9 cm³/mol. The molecule has 0 saturated heterocycles. The number of nitrogens with zero attached hydrogens (tertiary/aromatic N) is 3. The molecule has 0 bridgehead atoms. The number of furan rings is 1. The molecule has 2 aromatic heterocycles. The highest BCUT2D eigenvalue weighted by atomic mass is 19.1. The van der Waals surface area contributed by atoms with Gasteiger partial charge in [0.15, 0.2) is 0 Å². The van der Waals surface area contributed by atoms with Crippen LogP contribution < -0.4 is 0 Å². The second-order valence-electron chi connectivity index (χ2n) is 5.02. The first-order valence-corrected chi connectivity index (χ1v) is 6.89. The minimum absolute atomic E-state index is 0.273. The minimum atomic E-state index is -0.282. The smallest absolute Gasteiger partial charge is 0.137 e. The number of para-hydroxylation sites is 1. The molecule has 0 fully saturated rings. The molecule has 0 aliphatic carbocycles. The number of fused-ring (bicyclic) bond motifs is 1. The Hall–Kier alpha value is -2.95. The number of halogens is 1. The number of rotatable bonds is 3. The van der Waals surface area contributed by atoms with Crippen molar-refractivity contribution in [2.75, 3.05) is 0 Å². The summed E-state index contributed by atoms with van der Waals surface area (Å²) >= 11 is 0. The summed E-state index contributed by atoms with van der Waals surface area (Å²) in [6.45, 7) is 0. The summed E-state index contributed by atoms with van der Waals surface area (Å²) in [6.07, 6.45) is 3.10. The van der Waals surface area contributed by atoms with Gasteiger partial charge in [-0.05, 0) is 29.8 Å². The van der Waals surface area contributed by atoms with Crippen molar-refractivity contribution in [1.29, 1.82) is 0 Å². The Balaban J connectivity index is 1.88. The molecule has 1 unspecified atom stereocenters. The minimum Gasteiger partial charge on any atom is -0.458 e. The number of hydrogen-bond acceptors (Lipinski definition) is 3. The van der Waals surface area contributed by atoms with E-state index < -0.39 is 0 Å². The Labute approximate surface area is 125 Å². The van der Waals surface area contributed by atoms with E-state index >= 15 is 0 Å². The lowest BCUT2D eigenvalue weighted by Gasteiger charge is -2.15. The second-order valence-corrected chi connectivity index (χ2v) is 5.02. The van der Waals surface area contributed by atoms with Gasteiger partial charge < -0.3 is 4.42 Å². The molecular weight excluding hydrogens is 281 g/mol. The van der Waals surface area contributed by atoms with Crippen LogP contribution in [0.15, 0.2) is 71.7 Å². The van der Waals surface area contributed by atoms with Crippen molar-refractivity contribution in [1.82, 2.24) is 14.8 Å². The molecule has 4 aromatic rings. The molecule has 22 heavy (non-hydrogen) atoms. The SMILES string of the molecule is Fc1ccc(C(c2cc3ccccc3o2)n2cncn2)cc1. The van der Waals surface area contributed by atoms with E-state index in [0.29, 0.717) is 0 Å². The van der Waals surface area contributed by atoms with Gasteiger partial charge in [-0.3, -0.25) is 0 Å². The lowest BCUT2D eigenvalue weighted by atomic mass is 10.0. The van der Waals surface area contributed by atoms with Crippen LogP contribution in [0, 0.1) is 5.82 Å². The van der Waals surface area contributed by atoms with Crippen molar-refractivity contribution in [3.8, 4) is 0 Å². The topological polar surface area (TPSA) is 43.9 Å². The van der Waals surface area contributed by atoms with Gasteiger partial charge in [-0.15, -0.1) is 0 Å². The molecule has 4 nitrogen and oxygen atoms in total. The molecule has 0 saturated carbocycles. The summed E-state index contributed by atoms with van der Waals surface area (Å²) in [7, 11) is 0. The highest BCUT2D eigenvalue weighted by molar-refractivity contribution is 5.78. The molecule has 1 atom stereocenters. The van der Waals surface area contributed by atoms with Crippen LogP contribution in [0.1, 0.15) is 17.4 Å². The van der Waals surface area contributed by atoms with E-state index in [2.05, 4.69) is 10.1 Å². The van der Waals surface area contributed by atoms with E-state index in [4.69, 9.17) is 4.42 Å². The van der Waals surface area contributed by atoms with Crippen LogP contribution in [0.2, 0.25) is 0 Å². The van der Waals surface area contributed by atoms with Gasteiger partial charge in [0, 0.05) is 5.39 Å². The zero-order chi connectivity index (χ0) is 14.9. The standard InChI is InChI=1S/C17H12FN3O/c18-14-7-5-12(6-8-14)17(21-11-19-10-20-21)16-9-13-3-1-2-4-15(13)22-16/h1-11,17H. The van der Waals surface area contributed by atoms with Crippen LogP contribution in [0.3, 0.4) is 0 Å². The van der Waals surface area contributed by atoms with Gasteiger partial charge in [-0.1, -0.05) is 30.3 Å². The monoisotopic (exact) mass is 293 g/mol. The fourth-order valence-electron chi connectivity index (χ4n) is 2.58. The van der Waals surface area contributed by atoms with E-state index in [-0.39, 0.29) is 11.9 Å². The third-order valence-electron chi connectivity index (χ3n) is 3.60. The fraction of sp³-hybridized carbons (Fsp3) is 0.0588. The Morgan fingerprint density at radius 3 is 2.59 bits per heavy atom. The normalized spacial score (nSPS) is 12.6. The predicted octanol–water partition coefficient (Wildman–Crippen LogP) is 3.80. The highest BCUT2D eigenvalue weighted by Crippen LogP contribution is 2.30. The molecule has 4 rings (SSSR count). The molecule has 108 valence electrons. The average molecular weight is 293 g/mol. The molecule has 2 aromatic carbocycles. The Morgan fingerprint density at radius 2 is 1.86 bits per heavy atom. The molecule has 0 amide bonds. The summed E-state index contributed by atoms with van der Waals surface area (Å²) in [5.41, 5.74) is 1.69. The molecule has 5 heteroatoms. The zero-order valence-corrected chi connectivity index (χ0v) is 11.6. The summed E-state index contributed by atoms with van der Waals surface area (Å²) in [5.74, 6) is 0.462. The molecule has 0 aliphatic rings. The Bertz CT molecular complexity index is 864. The number of hydrogen-bond donors (Lipinski definition) is 0. The lowest BCUT2D eigenvalue weighted by molar-refractivity contribution is 0.462. The van der Waals surface area contributed by atoms with Gasteiger partial charge in [-0.2, -0.15) is 5.10 Å². The molecule has 2 heterocycles. The van der Waals surface area contributed by atoms with E-state index in [1.807, 2.05) is 30.3 Å². The van der Waals surface area contributed by atoms with Gasteiger partial charge in [0.1, 0.15) is 35.9 Å². The molecule has 0 spiro atoms. The van der Waals surface area contributed by atoms with Crippen LogP contribution in [0.25, 0.3) is 11.0 Å². The molecule has 0 radical (unpaired) electrons. The van der Waals surface area contributed by atoms with Crippen molar-refractivity contribution >= 4 is 11.0 Å². The van der Waals surface area contributed by atoms with E-state index in [1.54, 1.807) is 23.1 Å². The zero-order valence-electron chi connectivity index (χ0n) is 11.6. The quantitative estimate of drug-likeness (QED) is 0.577. The lowest BCUT2D eigenvalue weighted by Crippen LogP contribution is -2.12. The fourth-order valence-corrected chi connectivity index (χ4v) is 2.58. The summed E-state index contributed by atoms with van der Waals surface area (Å²) < 4.78 is 20.9. The summed E-state index contributed by atoms with van der Waals surface area (Å²) in [5, 5.41) is 5.23. The molecule has 0 aliphatic heterocycles. The third-order valence-corrected chi connectivity index (χ3v) is 3.60. The van der Waals surface area contributed by atoms with Gasteiger partial charge in [0.2, 0.25) is 0 Å². The number of benzene rings is 2. The largest absolute Gasteiger partial charge is 0.458 e. The summed E-state index contributed by atoms with van der Waals surface area (Å²) in [4.78, 5) is 4.00. The second kappa shape index (κ2) is 5.11. The highest BCUT2D eigenvalue weighted by Gasteiger charge is 2.21. The van der Waals surface area contributed by atoms with Gasteiger partial charge in [0.05, 0.1) is 0 Å². The van der Waals surface area contributed by atoms with Crippen LogP contribution >= 0.6 is 0 Å². The van der Waals surface area contributed by atoms with Gasteiger partial charge in [0.25, 0.3) is 0 Å². The maximum atomic E-state index is 13.2. The van der Waals surface area contributed by atoms with Crippen molar-refractivity contribution in [3.05, 3.63) is 84.4 Å². The maximum Gasteiger partial charge on any atom is 0.137 e. The van der Waals surface area contributed by atoms with Crippen molar-refractivity contribution in [2.24, 2.45) is 0 Å². The van der Waals surface area contributed by atoms with Crippen LogP contribution in [0.5, 0.6) is 0 Å². The first-order chi connectivity index (χ1) is 10.8. The van der Waals surface area contributed by atoms with Gasteiger partial charge in [-0.25, -0.2) is 14.1 Å². The Kier molecular flexibility index (Phi) is 2.96. The Morgan fingerprint density at radius 1 is 1.05 bits per heavy atom. The van der Waals surface area contributed by atoms with E-state index in [9.17, 15) is 4.39 Å². The van der Waals surface area contributed by atoms with Crippen molar-refractivity contribution < 1.29 is 8.81 Å². The van der Waals surface area contributed by atoms with Crippen molar-refractivity contribution in [2.45, 2.75) is 6.04 Å². The van der Waals surface area contributed by atoms with E-state index in [0.717, 1.165) is 22.3 Å². The van der Waals surface area contributed by atoms with Crippen LogP contribution in [-0.2, 0) is 0 Å². The first-order valence-electron chi connectivity index (χ1n) is 6.89. The number of aromatic nitrogens is 3. The average Bonchev–Trinajstić information content (AvgIpc) is 3.19. The molecular formula is C17H12FN3O. The first kappa shape index (κ1) is 12.8. The third kappa shape index (κ3) is 2.16. The van der Waals surface area contributed by atoms with Crippen molar-refractivity contribution in [3.63, 3.8) is 0 Å². The van der Waals surface area contributed by atoms with E-state index in [1.165, 1.54) is 18.5 Å². The summed E-state index contributed by atoms with van der Waals surface area (Å²) in [6, 6.07) is 15.8.